The molecule has 0 spiro atoms. The lowest BCUT2D eigenvalue weighted by Crippen LogP contribution is -2.38. The van der Waals surface area contributed by atoms with Crippen LogP contribution in [0.4, 0.5) is 0 Å². The van der Waals surface area contributed by atoms with Gasteiger partial charge in [-0.1, -0.05) is 18.2 Å². The summed E-state index contributed by atoms with van der Waals surface area (Å²) in [7, 11) is -1.75. The average Bonchev–Trinajstić information content (AvgIpc) is 2.43. The lowest BCUT2D eigenvalue weighted by Gasteiger charge is -2.22. The Balaban J connectivity index is 2.36. The van der Waals surface area contributed by atoms with Gasteiger partial charge in [0.05, 0.1) is 12.4 Å². The standard InChI is InChI=1S/C13H21NO3S2/c1-12(11-15)14(2)19(16,17)10-6-9-18-13-7-4-3-5-8-13/h3-5,7-8,12,15H,6,9-11H2,1-2H3/t12-/m1/s1. The van der Waals surface area contributed by atoms with Gasteiger partial charge in [0.25, 0.3) is 0 Å². The molecule has 1 aromatic rings. The number of likely N-dealkylation sites (N-methyl/N-ethyl adjacent to an activating group) is 1. The van der Waals surface area contributed by atoms with Crippen LogP contribution in [0.15, 0.2) is 35.2 Å². The zero-order valence-corrected chi connectivity index (χ0v) is 13.0. The third-order valence-corrected chi connectivity index (χ3v) is 6.02. The Hall–Kier alpha value is -0.560. The van der Waals surface area contributed by atoms with Crippen LogP contribution in [0.25, 0.3) is 0 Å². The first kappa shape index (κ1) is 16.5. The lowest BCUT2D eigenvalue weighted by atomic mass is 10.4. The van der Waals surface area contributed by atoms with Gasteiger partial charge in [-0.05, 0) is 31.2 Å². The van der Waals surface area contributed by atoms with Gasteiger partial charge in [-0.25, -0.2) is 8.42 Å². The first-order valence-electron chi connectivity index (χ1n) is 6.22. The van der Waals surface area contributed by atoms with Crippen molar-refractivity contribution >= 4 is 21.8 Å². The molecule has 19 heavy (non-hydrogen) atoms. The normalized spacial score (nSPS) is 13.7. The molecule has 1 aromatic carbocycles. The van der Waals surface area contributed by atoms with Crippen molar-refractivity contribution in [2.45, 2.75) is 24.3 Å². The molecule has 1 atom stereocenters. The second-order valence-corrected chi connectivity index (χ2v) is 7.70. The molecule has 0 unspecified atom stereocenters. The summed E-state index contributed by atoms with van der Waals surface area (Å²) < 4.78 is 25.1. The van der Waals surface area contributed by atoms with E-state index in [1.54, 1.807) is 18.7 Å². The van der Waals surface area contributed by atoms with E-state index in [1.165, 1.54) is 11.4 Å². The third-order valence-electron chi connectivity index (χ3n) is 2.88. The summed E-state index contributed by atoms with van der Waals surface area (Å²) in [6.07, 6.45) is 0.602. The molecule has 0 saturated heterocycles. The van der Waals surface area contributed by atoms with Gasteiger partial charge in [0.2, 0.25) is 10.0 Å². The molecule has 0 radical (unpaired) electrons. The zero-order valence-electron chi connectivity index (χ0n) is 11.3. The molecular formula is C13H21NO3S2. The second kappa shape index (κ2) is 7.89. The maximum atomic E-state index is 11.9. The molecule has 1 rings (SSSR count). The van der Waals surface area contributed by atoms with Crippen molar-refractivity contribution in [1.82, 2.24) is 4.31 Å². The number of rotatable bonds is 8. The summed E-state index contributed by atoms with van der Waals surface area (Å²) in [4.78, 5) is 1.15. The molecule has 0 aromatic heterocycles. The van der Waals surface area contributed by atoms with E-state index in [4.69, 9.17) is 5.11 Å². The maximum absolute atomic E-state index is 11.9. The van der Waals surface area contributed by atoms with Crippen LogP contribution in [0, 0.1) is 0 Å². The highest BCUT2D eigenvalue weighted by atomic mass is 32.2. The van der Waals surface area contributed by atoms with Gasteiger partial charge in [0, 0.05) is 18.0 Å². The van der Waals surface area contributed by atoms with Crippen LogP contribution in [0.5, 0.6) is 0 Å². The summed E-state index contributed by atoms with van der Waals surface area (Å²) in [6, 6.07) is 9.55. The topological polar surface area (TPSA) is 57.6 Å². The second-order valence-electron chi connectivity index (χ2n) is 4.38. The van der Waals surface area contributed by atoms with Gasteiger partial charge in [0.15, 0.2) is 0 Å². The minimum Gasteiger partial charge on any atom is -0.395 e. The molecule has 0 fully saturated rings. The molecule has 0 aliphatic rings. The molecule has 0 aliphatic heterocycles. The van der Waals surface area contributed by atoms with Crippen molar-refractivity contribution < 1.29 is 13.5 Å². The fourth-order valence-electron chi connectivity index (χ4n) is 1.48. The van der Waals surface area contributed by atoms with Gasteiger partial charge >= 0.3 is 0 Å². The van der Waals surface area contributed by atoms with E-state index in [0.29, 0.717) is 6.42 Å². The van der Waals surface area contributed by atoms with Crippen molar-refractivity contribution in [3.63, 3.8) is 0 Å². The minimum absolute atomic E-state index is 0.119. The van der Waals surface area contributed by atoms with Crippen LogP contribution >= 0.6 is 11.8 Å². The molecule has 6 heteroatoms. The fraction of sp³-hybridized carbons (Fsp3) is 0.538. The van der Waals surface area contributed by atoms with Crippen molar-refractivity contribution in [1.29, 1.82) is 0 Å². The number of aliphatic hydroxyl groups excluding tert-OH is 1. The van der Waals surface area contributed by atoms with Crippen molar-refractivity contribution in [2.75, 3.05) is 25.2 Å². The Labute approximate surface area is 119 Å². The summed E-state index contributed by atoms with van der Waals surface area (Å²) >= 11 is 1.65. The Morgan fingerprint density at radius 1 is 1.32 bits per heavy atom. The molecule has 0 aliphatic carbocycles. The van der Waals surface area contributed by atoms with Crippen molar-refractivity contribution in [3.05, 3.63) is 30.3 Å². The molecule has 0 heterocycles. The largest absolute Gasteiger partial charge is 0.395 e. The van der Waals surface area contributed by atoms with Crippen LogP contribution in [0.2, 0.25) is 0 Å². The van der Waals surface area contributed by atoms with E-state index in [0.717, 1.165) is 10.6 Å². The maximum Gasteiger partial charge on any atom is 0.214 e. The number of aliphatic hydroxyl groups is 1. The Kier molecular flexibility index (Phi) is 6.85. The molecule has 0 amide bonds. The molecule has 0 bridgehead atoms. The molecule has 108 valence electrons. The monoisotopic (exact) mass is 303 g/mol. The molecular weight excluding hydrogens is 282 g/mol. The predicted molar refractivity (Wildman–Crippen MR) is 79.9 cm³/mol. The Morgan fingerprint density at radius 3 is 2.53 bits per heavy atom. The lowest BCUT2D eigenvalue weighted by molar-refractivity contribution is 0.214. The highest BCUT2D eigenvalue weighted by molar-refractivity contribution is 7.99. The van der Waals surface area contributed by atoms with Crippen LogP contribution < -0.4 is 0 Å². The highest BCUT2D eigenvalue weighted by Crippen LogP contribution is 2.18. The Morgan fingerprint density at radius 2 is 1.95 bits per heavy atom. The van der Waals surface area contributed by atoms with E-state index >= 15 is 0 Å². The smallest absolute Gasteiger partial charge is 0.214 e. The first-order chi connectivity index (χ1) is 8.97. The number of sulfonamides is 1. The van der Waals surface area contributed by atoms with Crippen molar-refractivity contribution in [3.8, 4) is 0 Å². The zero-order chi connectivity index (χ0) is 14.3. The van der Waals surface area contributed by atoms with Gasteiger partial charge in [-0.2, -0.15) is 4.31 Å². The fourth-order valence-corrected chi connectivity index (χ4v) is 3.95. The number of benzene rings is 1. The average molecular weight is 303 g/mol. The SMILES string of the molecule is C[C@H](CO)N(C)S(=O)(=O)CCCSc1ccccc1. The van der Waals surface area contributed by atoms with Gasteiger partial charge in [-0.15, -0.1) is 11.8 Å². The minimum atomic E-state index is -3.27. The highest BCUT2D eigenvalue weighted by Gasteiger charge is 2.21. The quantitative estimate of drug-likeness (QED) is 0.588. The van der Waals surface area contributed by atoms with Crippen LogP contribution in [0.3, 0.4) is 0 Å². The van der Waals surface area contributed by atoms with Crippen molar-refractivity contribution in [2.24, 2.45) is 0 Å². The predicted octanol–water partition coefficient (Wildman–Crippen LogP) is 1.81. The van der Waals surface area contributed by atoms with Gasteiger partial charge < -0.3 is 5.11 Å². The van der Waals surface area contributed by atoms with Crippen LogP contribution in [0.1, 0.15) is 13.3 Å². The summed E-state index contributed by atoms with van der Waals surface area (Å²) in [6.45, 7) is 1.53. The first-order valence-corrected chi connectivity index (χ1v) is 8.81. The number of hydrogen-bond donors (Lipinski definition) is 1. The van der Waals surface area contributed by atoms with Gasteiger partial charge in [0.1, 0.15) is 0 Å². The van der Waals surface area contributed by atoms with E-state index < -0.39 is 10.0 Å². The number of hydrogen-bond acceptors (Lipinski definition) is 4. The van der Waals surface area contributed by atoms with Crippen LogP contribution in [-0.4, -0.2) is 49.0 Å². The summed E-state index contributed by atoms with van der Waals surface area (Å²) in [5.74, 6) is 0.887. The summed E-state index contributed by atoms with van der Waals surface area (Å²) in [5, 5.41) is 8.98. The molecule has 0 saturated carbocycles. The van der Waals surface area contributed by atoms with E-state index in [-0.39, 0.29) is 18.4 Å². The number of nitrogens with zero attached hydrogens (tertiary/aromatic N) is 1. The van der Waals surface area contributed by atoms with E-state index in [9.17, 15) is 8.42 Å². The molecule has 4 nitrogen and oxygen atoms in total. The third kappa shape index (κ3) is 5.52. The van der Waals surface area contributed by atoms with Crippen LogP contribution in [-0.2, 0) is 10.0 Å². The Bertz CT molecular complexity index is 462. The van der Waals surface area contributed by atoms with Gasteiger partial charge in [-0.3, -0.25) is 0 Å². The van der Waals surface area contributed by atoms with E-state index in [1.807, 2.05) is 30.3 Å². The summed E-state index contributed by atoms with van der Waals surface area (Å²) in [5.41, 5.74) is 0. The van der Waals surface area contributed by atoms with E-state index in [2.05, 4.69) is 0 Å². The number of thioether (sulfide) groups is 1. The molecule has 1 N–H and O–H groups in total.